The van der Waals surface area contributed by atoms with Crippen molar-refractivity contribution in [2.75, 3.05) is 6.54 Å². The van der Waals surface area contributed by atoms with E-state index in [0.29, 0.717) is 10.0 Å². The van der Waals surface area contributed by atoms with Crippen LogP contribution in [0.4, 0.5) is 0 Å². The van der Waals surface area contributed by atoms with E-state index in [-0.39, 0.29) is 0 Å². The molecule has 0 bridgehead atoms. The van der Waals surface area contributed by atoms with Crippen LogP contribution in [0.2, 0.25) is 10.0 Å². The number of nitrogens with one attached hydrogen (secondary N) is 1. The second-order valence-electron chi connectivity index (χ2n) is 4.42. The lowest BCUT2D eigenvalue weighted by Crippen LogP contribution is -2.14. The van der Waals surface area contributed by atoms with E-state index in [1.807, 2.05) is 29.9 Å². The Bertz CT molecular complexity index is 564. The van der Waals surface area contributed by atoms with E-state index in [1.54, 1.807) is 6.07 Å². The van der Waals surface area contributed by atoms with Crippen molar-refractivity contribution in [1.82, 2.24) is 15.1 Å². The third-order valence-corrected chi connectivity index (χ3v) is 3.82. The van der Waals surface area contributed by atoms with E-state index >= 15 is 0 Å². The van der Waals surface area contributed by atoms with E-state index < -0.39 is 0 Å². The maximum atomic E-state index is 6.23. The molecule has 0 amide bonds. The van der Waals surface area contributed by atoms with Gasteiger partial charge >= 0.3 is 0 Å². The fraction of sp³-hybridized carbons (Fsp3) is 0.357. The van der Waals surface area contributed by atoms with Crippen LogP contribution in [-0.4, -0.2) is 16.3 Å². The number of hydrogen-bond acceptors (Lipinski definition) is 2. The summed E-state index contributed by atoms with van der Waals surface area (Å²) in [6, 6.07) is 5.56. The van der Waals surface area contributed by atoms with Gasteiger partial charge in [0.05, 0.1) is 21.9 Å². The zero-order chi connectivity index (χ0) is 13.8. The third-order valence-electron chi connectivity index (χ3n) is 3.01. The first-order valence-corrected chi connectivity index (χ1v) is 7.09. The summed E-state index contributed by atoms with van der Waals surface area (Å²) in [6.07, 6.45) is 2.99. The Morgan fingerprint density at radius 2 is 2.11 bits per heavy atom. The number of benzene rings is 1. The smallest absolute Gasteiger partial charge is 0.0850 e. The summed E-state index contributed by atoms with van der Waals surface area (Å²) >= 11 is 12.3. The molecule has 1 N–H and O–H groups in total. The average molecular weight is 298 g/mol. The summed E-state index contributed by atoms with van der Waals surface area (Å²) in [6.45, 7) is 6.00. The Labute approximate surface area is 123 Å². The molecule has 0 aliphatic heterocycles. The Morgan fingerprint density at radius 1 is 1.32 bits per heavy atom. The van der Waals surface area contributed by atoms with Crippen LogP contribution in [0.3, 0.4) is 0 Å². The summed E-state index contributed by atoms with van der Waals surface area (Å²) in [5, 5.41) is 8.84. The first-order valence-electron chi connectivity index (χ1n) is 6.33. The number of nitrogens with zero attached hydrogens (tertiary/aromatic N) is 2. The van der Waals surface area contributed by atoms with E-state index in [2.05, 4.69) is 17.3 Å². The van der Waals surface area contributed by atoms with Gasteiger partial charge in [0.2, 0.25) is 0 Å². The van der Waals surface area contributed by atoms with Crippen LogP contribution < -0.4 is 5.32 Å². The van der Waals surface area contributed by atoms with Crippen molar-refractivity contribution in [3.05, 3.63) is 45.7 Å². The van der Waals surface area contributed by atoms with Crippen molar-refractivity contribution in [2.45, 2.75) is 26.8 Å². The highest BCUT2D eigenvalue weighted by Gasteiger charge is 2.12. The largest absolute Gasteiger partial charge is 0.313 e. The van der Waals surface area contributed by atoms with E-state index in [9.17, 15) is 0 Å². The van der Waals surface area contributed by atoms with Crippen molar-refractivity contribution < 1.29 is 0 Å². The second-order valence-corrected chi connectivity index (χ2v) is 5.20. The SMILES string of the molecule is CCCNCc1cnn(-c2cccc(Cl)c2Cl)c1C. The summed E-state index contributed by atoms with van der Waals surface area (Å²) in [5.74, 6) is 0. The molecule has 3 nitrogen and oxygen atoms in total. The molecular formula is C14H17Cl2N3. The molecule has 1 aromatic heterocycles. The molecule has 0 atom stereocenters. The van der Waals surface area contributed by atoms with Crippen molar-refractivity contribution in [2.24, 2.45) is 0 Å². The van der Waals surface area contributed by atoms with Gasteiger partial charge in [-0.05, 0) is 32.0 Å². The summed E-state index contributed by atoms with van der Waals surface area (Å²) in [4.78, 5) is 0. The molecule has 102 valence electrons. The standard InChI is InChI=1S/C14H17Cl2N3/c1-3-7-17-8-11-9-18-19(10(11)2)13-6-4-5-12(15)14(13)16/h4-6,9,17H,3,7-8H2,1-2H3. The first kappa shape index (κ1) is 14.4. The molecule has 0 radical (unpaired) electrons. The first-order chi connectivity index (χ1) is 9.15. The van der Waals surface area contributed by atoms with Gasteiger partial charge in [0.1, 0.15) is 0 Å². The van der Waals surface area contributed by atoms with Crippen LogP contribution in [0.5, 0.6) is 0 Å². The minimum absolute atomic E-state index is 0.531. The molecule has 2 rings (SSSR count). The van der Waals surface area contributed by atoms with Crippen LogP contribution in [-0.2, 0) is 6.54 Å². The van der Waals surface area contributed by atoms with Crippen LogP contribution in [0.25, 0.3) is 5.69 Å². The zero-order valence-corrected chi connectivity index (χ0v) is 12.6. The summed E-state index contributed by atoms with van der Waals surface area (Å²) < 4.78 is 1.83. The minimum Gasteiger partial charge on any atom is -0.313 e. The predicted molar refractivity (Wildman–Crippen MR) is 80.3 cm³/mol. The maximum absolute atomic E-state index is 6.23. The highest BCUT2D eigenvalue weighted by molar-refractivity contribution is 6.43. The number of halogens is 2. The summed E-state index contributed by atoms with van der Waals surface area (Å²) in [7, 11) is 0. The van der Waals surface area contributed by atoms with Crippen molar-refractivity contribution in [3.63, 3.8) is 0 Å². The number of rotatable bonds is 5. The monoisotopic (exact) mass is 297 g/mol. The fourth-order valence-electron chi connectivity index (χ4n) is 1.92. The lowest BCUT2D eigenvalue weighted by atomic mass is 10.2. The number of aromatic nitrogens is 2. The fourth-order valence-corrected chi connectivity index (χ4v) is 2.29. The molecule has 0 unspecified atom stereocenters. The zero-order valence-electron chi connectivity index (χ0n) is 11.1. The average Bonchev–Trinajstić information content (AvgIpc) is 2.75. The molecule has 0 fully saturated rings. The molecule has 0 aliphatic carbocycles. The van der Waals surface area contributed by atoms with Gasteiger partial charge in [0.15, 0.2) is 0 Å². The van der Waals surface area contributed by atoms with Crippen LogP contribution in [0.1, 0.15) is 24.6 Å². The van der Waals surface area contributed by atoms with Gasteiger partial charge in [-0.25, -0.2) is 4.68 Å². The lowest BCUT2D eigenvalue weighted by molar-refractivity contribution is 0.672. The van der Waals surface area contributed by atoms with Gasteiger partial charge in [0.25, 0.3) is 0 Å². The van der Waals surface area contributed by atoms with Gasteiger partial charge in [-0.2, -0.15) is 5.10 Å². The van der Waals surface area contributed by atoms with Crippen LogP contribution in [0.15, 0.2) is 24.4 Å². The molecule has 1 heterocycles. The molecule has 5 heteroatoms. The lowest BCUT2D eigenvalue weighted by Gasteiger charge is -2.09. The third kappa shape index (κ3) is 3.11. The second kappa shape index (κ2) is 6.42. The van der Waals surface area contributed by atoms with E-state index in [0.717, 1.165) is 30.9 Å². The predicted octanol–water partition coefficient (Wildman–Crippen LogP) is 3.99. The number of hydrogen-bond donors (Lipinski definition) is 1. The van der Waals surface area contributed by atoms with Crippen LogP contribution >= 0.6 is 23.2 Å². The van der Waals surface area contributed by atoms with Gasteiger partial charge in [-0.15, -0.1) is 0 Å². The Morgan fingerprint density at radius 3 is 2.84 bits per heavy atom. The minimum atomic E-state index is 0.531. The maximum Gasteiger partial charge on any atom is 0.0850 e. The molecule has 19 heavy (non-hydrogen) atoms. The molecule has 0 saturated carbocycles. The molecule has 0 aliphatic rings. The Hall–Kier alpha value is -1.03. The Kier molecular flexibility index (Phi) is 4.86. The normalized spacial score (nSPS) is 10.9. The highest BCUT2D eigenvalue weighted by atomic mass is 35.5. The van der Waals surface area contributed by atoms with E-state index in [1.165, 1.54) is 5.56 Å². The van der Waals surface area contributed by atoms with Gasteiger partial charge in [-0.1, -0.05) is 36.2 Å². The topological polar surface area (TPSA) is 29.9 Å². The van der Waals surface area contributed by atoms with E-state index in [4.69, 9.17) is 23.2 Å². The summed E-state index contributed by atoms with van der Waals surface area (Å²) in [5.41, 5.74) is 3.06. The van der Waals surface area contributed by atoms with Gasteiger partial charge in [0, 0.05) is 17.8 Å². The Balaban J connectivity index is 2.28. The van der Waals surface area contributed by atoms with Gasteiger partial charge < -0.3 is 5.32 Å². The highest BCUT2D eigenvalue weighted by Crippen LogP contribution is 2.29. The van der Waals surface area contributed by atoms with Gasteiger partial charge in [-0.3, -0.25) is 0 Å². The molecule has 0 spiro atoms. The van der Waals surface area contributed by atoms with Crippen molar-refractivity contribution in [1.29, 1.82) is 0 Å². The quantitative estimate of drug-likeness (QED) is 0.846. The van der Waals surface area contributed by atoms with Crippen LogP contribution in [0, 0.1) is 6.92 Å². The molecular weight excluding hydrogens is 281 g/mol. The van der Waals surface area contributed by atoms with Crippen molar-refractivity contribution in [3.8, 4) is 5.69 Å². The molecule has 0 saturated heterocycles. The van der Waals surface area contributed by atoms with Crippen molar-refractivity contribution >= 4 is 23.2 Å². The molecule has 1 aromatic carbocycles. The molecule has 2 aromatic rings.